The Balaban J connectivity index is 2.46. The number of benzene rings is 1. The highest BCUT2D eigenvalue weighted by molar-refractivity contribution is 7.99. The van der Waals surface area contributed by atoms with Crippen molar-refractivity contribution in [2.45, 2.75) is 12.7 Å². The van der Waals surface area contributed by atoms with Crippen LogP contribution in [0.25, 0.3) is 0 Å². The van der Waals surface area contributed by atoms with Crippen molar-refractivity contribution in [1.82, 2.24) is 0 Å². The lowest BCUT2D eigenvalue weighted by Gasteiger charge is -2.06. The zero-order valence-electron chi connectivity index (χ0n) is 10.1. The van der Waals surface area contributed by atoms with Gasteiger partial charge in [-0.1, -0.05) is 0 Å². The van der Waals surface area contributed by atoms with E-state index in [1.807, 2.05) is 12.1 Å². The minimum atomic E-state index is -0.187. The van der Waals surface area contributed by atoms with Gasteiger partial charge in [0, 0.05) is 17.5 Å². The second kappa shape index (κ2) is 7.06. The number of methoxy groups -OCH3 is 1. The van der Waals surface area contributed by atoms with Gasteiger partial charge in [-0.05, 0) is 24.6 Å². The van der Waals surface area contributed by atoms with E-state index in [1.54, 1.807) is 20.1 Å². The molecule has 5 heteroatoms. The number of nitrogens with two attached hydrogens (primary N) is 1. The molecule has 0 heterocycles. The SMILES string of the molecule is CCOC(=O)CSCc1cc(N)cc(OC)c1. The number of nitrogen functional groups attached to an aromatic ring is 1. The lowest BCUT2D eigenvalue weighted by atomic mass is 10.2. The molecule has 0 amide bonds. The van der Waals surface area contributed by atoms with E-state index in [0.29, 0.717) is 23.8 Å². The van der Waals surface area contributed by atoms with Crippen LogP contribution in [0.4, 0.5) is 5.69 Å². The van der Waals surface area contributed by atoms with Crippen LogP contribution in [0.2, 0.25) is 0 Å². The van der Waals surface area contributed by atoms with Crippen molar-refractivity contribution in [3.8, 4) is 5.75 Å². The van der Waals surface area contributed by atoms with Crippen molar-refractivity contribution >= 4 is 23.4 Å². The Hall–Kier alpha value is -1.36. The van der Waals surface area contributed by atoms with Crippen LogP contribution in [0, 0.1) is 0 Å². The minimum absolute atomic E-state index is 0.187. The molecule has 0 atom stereocenters. The van der Waals surface area contributed by atoms with E-state index < -0.39 is 0 Å². The van der Waals surface area contributed by atoms with Gasteiger partial charge in [0.2, 0.25) is 0 Å². The zero-order valence-corrected chi connectivity index (χ0v) is 10.9. The first-order chi connectivity index (χ1) is 8.15. The van der Waals surface area contributed by atoms with E-state index in [4.69, 9.17) is 15.2 Å². The molecule has 0 aliphatic heterocycles. The normalized spacial score (nSPS) is 10.0. The smallest absolute Gasteiger partial charge is 0.315 e. The number of anilines is 1. The van der Waals surface area contributed by atoms with Crippen LogP contribution in [0.3, 0.4) is 0 Å². The standard InChI is InChI=1S/C12H17NO3S/c1-3-16-12(14)8-17-7-9-4-10(13)6-11(5-9)15-2/h4-6H,3,7-8,13H2,1-2H3. The molecule has 17 heavy (non-hydrogen) atoms. The number of carbonyl (C=O) groups excluding carboxylic acids is 1. The molecule has 0 saturated heterocycles. The van der Waals surface area contributed by atoms with E-state index in [9.17, 15) is 4.79 Å². The Bertz CT molecular complexity index is 382. The van der Waals surface area contributed by atoms with E-state index in [2.05, 4.69) is 0 Å². The quantitative estimate of drug-likeness (QED) is 0.623. The molecular formula is C12H17NO3S. The van der Waals surface area contributed by atoms with Crippen LogP contribution in [-0.2, 0) is 15.3 Å². The second-order valence-electron chi connectivity index (χ2n) is 3.41. The number of ether oxygens (including phenoxy) is 2. The first-order valence-electron chi connectivity index (χ1n) is 5.32. The molecule has 0 fully saturated rings. The number of carbonyl (C=O) groups is 1. The highest BCUT2D eigenvalue weighted by Crippen LogP contribution is 2.22. The molecule has 0 radical (unpaired) electrons. The lowest BCUT2D eigenvalue weighted by Crippen LogP contribution is -2.06. The molecule has 0 spiro atoms. The lowest BCUT2D eigenvalue weighted by molar-refractivity contribution is -0.139. The van der Waals surface area contributed by atoms with Crippen LogP contribution >= 0.6 is 11.8 Å². The molecule has 1 aromatic carbocycles. The molecule has 0 saturated carbocycles. The largest absolute Gasteiger partial charge is 0.497 e. The summed E-state index contributed by atoms with van der Waals surface area (Å²) < 4.78 is 9.96. The van der Waals surface area contributed by atoms with Crippen molar-refractivity contribution in [3.63, 3.8) is 0 Å². The summed E-state index contributed by atoms with van der Waals surface area (Å²) in [5.41, 5.74) is 7.43. The Morgan fingerprint density at radius 3 is 2.82 bits per heavy atom. The molecule has 0 bridgehead atoms. The average Bonchev–Trinajstić information content (AvgIpc) is 2.28. The second-order valence-corrected chi connectivity index (χ2v) is 4.40. The fourth-order valence-electron chi connectivity index (χ4n) is 1.34. The number of hydrogen-bond donors (Lipinski definition) is 1. The monoisotopic (exact) mass is 255 g/mol. The van der Waals surface area contributed by atoms with Gasteiger partial charge in [-0.15, -0.1) is 11.8 Å². The van der Waals surface area contributed by atoms with Crippen LogP contribution in [0.1, 0.15) is 12.5 Å². The number of thioether (sulfide) groups is 1. The summed E-state index contributed by atoms with van der Waals surface area (Å²) in [6.45, 7) is 2.22. The van der Waals surface area contributed by atoms with Gasteiger partial charge in [0.15, 0.2) is 0 Å². The Morgan fingerprint density at radius 2 is 2.18 bits per heavy atom. The number of esters is 1. The third-order valence-corrected chi connectivity index (χ3v) is 3.00. The number of rotatable bonds is 6. The summed E-state index contributed by atoms with van der Waals surface area (Å²) >= 11 is 1.50. The molecular weight excluding hydrogens is 238 g/mol. The summed E-state index contributed by atoms with van der Waals surface area (Å²) in [5.74, 6) is 1.61. The Kier molecular flexibility index (Phi) is 5.69. The first-order valence-corrected chi connectivity index (χ1v) is 6.48. The van der Waals surface area contributed by atoms with Crippen LogP contribution < -0.4 is 10.5 Å². The van der Waals surface area contributed by atoms with Gasteiger partial charge in [-0.2, -0.15) is 0 Å². The maximum Gasteiger partial charge on any atom is 0.315 e. The van der Waals surface area contributed by atoms with Gasteiger partial charge >= 0.3 is 5.97 Å². The Labute approximate surface area is 105 Å². The van der Waals surface area contributed by atoms with Gasteiger partial charge in [0.1, 0.15) is 5.75 Å². The van der Waals surface area contributed by atoms with Crippen LogP contribution in [0.5, 0.6) is 5.75 Å². The van der Waals surface area contributed by atoms with Gasteiger partial charge in [0.05, 0.1) is 19.5 Å². The Morgan fingerprint density at radius 1 is 1.41 bits per heavy atom. The topological polar surface area (TPSA) is 61.5 Å². The molecule has 94 valence electrons. The summed E-state index contributed by atoms with van der Waals surface area (Å²) in [6.07, 6.45) is 0. The third kappa shape index (κ3) is 4.99. The van der Waals surface area contributed by atoms with Crippen molar-refractivity contribution in [2.75, 3.05) is 25.2 Å². The highest BCUT2D eigenvalue weighted by Gasteiger charge is 2.04. The summed E-state index contributed by atoms with van der Waals surface area (Å²) in [4.78, 5) is 11.1. The van der Waals surface area contributed by atoms with Gasteiger partial charge in [0.25, 0.3) is 0 Å². The van der Waals surface area contributed by atoms with E-state index in [-0.39, 0.29) is 5.97 Å². The molecule has 0 aromatic heterocycles. The maximum absolute atomic E-state index is 11.1. The van der Waals surface area contributed by atoms with Crippen LogP contribution in [-0.4, -0.2) is 25.4 Å². The summed E-state index contributed by atoms with van der Waals surface area (Å²) in [5, 5.41) is 0. The zero-order chi connectivity index (χ0) is 12.7. The van der Waals surface area contributed by atoms with E-state index >= 15 is 0 Å². The summed E-state index contributed by atoms with van der Waals surface area (Å²) in [6, 6.07) is 5.55. The third-order valence-electron chi connectivity index (χ3n) is 2.02. The van der Waals surface area contributed by atoms with Crippen LogP contribution in [0.15, 0.2) is 18.2 Å². The number of hydrogen-bond acceptors (Lipinski definition) is 5. The van der Waals surface area contributed by atoms with Crippen molar-refractivity contribution in [2.24, 2.45) is 0 Å². The molecule has 2 N–H and O–H groups in total. The van der Waals surface area contributed by atoms with E-state index in [1.165, 1.54) is 11.8 Å². The first kappa shape index (κ1) is 13.7. The fraction of sp³-hybridized carbons (Fsp3) is 0.417. The van der Waals surface area contributed by atoms with Gasteiger partial charge in [-0.3, -0.25) is 4.79 Å². The maximum atomic E-state index is 11.1. The molecule has 0 unspecified atom stereocenters. The van der Waals surface area contributed by atoms with E-state index in [0.717, 1.165) is 11.3 Å². The highest BCUT2D eigenvalue weighted by atomic mass is 32.2. The predicted molar refractivity (Wildman–Crippen MR) is 70.2 cm³/mol. The molecule has 1 rings (SSSR count). The summed E-state index contributed by atoms with van der Waals surface area (Å²) in [7, 11) is 1.60. The van der Waals surface area contributed by atoms with Gasteiger partial charge < -0.3 is 15.2 Å². The van der Waals surface area contributed by atoms with Gasteiger partial charge in [-0.25, -0.2) is 0 Å². The molecule has 1 aromatic rings. The minimum Gasteiger partial charge on any atom is -0.497 e. The van der Waals surface area contributed by atoms with Crippen molar-refractivity contribution in [1.29, 1.82) is 0 Å². The predicted octanol–water partition coefficient (Wildman–Crippen LogP) is 2.07. The van der Waals surface area contributed by atoms with Crippen molar-refractivity contribution in [3.05, 3.63) is 23.8 Å². The molecule has 4 nitrogen and oxygen atoms in total. The van der Waals surface area contributed by atoms with Crippen molar-refractivity contribution < 1.29 is 14.3 Å². The average molecular weight is 255 g/mol. The molecule has 0 aliphatic carbocycles. The fourth-order valence-corrected chi connectivity index (χ4v) is 2.10. The molecule has 0 aliphatic rings.